The number of fused-ring (bicyclic) bond motifs is 1. The number of imidazole rings is 1. The maximum Gasteiger partial charge on any atom is 0.125 e. The minimum Gasteiger partial charge on any atom is -0.378 e. The molecule has 2 aromatic rings. The summed E-state index contributed by atoms with van der Waals surface area (Å²) in [5.41, 5.74) is 1.52. The number of halogens is 2. The molecule has 0 fully saturated rings. The van der Waals surface area contributed by atoms with Gasteiger partial charge in [0.25, 0.3) is 0 Å². The van der Waals surface area contributed by atoms with Gasteiger partial charge in [0.15, 0.2) is 0 Å². The van der Waals surface area contributed by atoms with Crippen molar-refractivity contribution in [3.63, 3.8) is 0 Å². The third-order valence-electron chi connectivity index (χ3n) is 3.05. The van der Waals surface area contributed by atoms with Crippen LogP contribution in [-0.2, 0) is 17.2 Å². The summed E-state index contributed by atoms with van der Waals surface area (Å²) in [7, 11) is 4.00. The Bertz CT molecular complexity index is 571. The summed E-state index contributed by atoms with van der Waals surface area (Å²) in [4.78, 5) is 6.46. The van der Waals surface area contributed by atoms with Crippen LogP contribution in [0.15, 0.2) is 18.2 Å². The van der Waals surface area contributed by atoms with Gasteiger partial charge in [0.2, 0.25) is 0 Å². The Morgan fingerprint density at radius 1 is 1.35 bits per heavy atom. The molecule has 1 heterocycles. The molecule has 0 saturated carbocycles. The minimum atomic E-state index is -0.270. The van der Waals surface area contributed by atoms with Crippen LogP contribution in [0.4, 0.5) is 4.39 Å². The Kier molecular flexibility index (Phi) is 5.34. The summed E-state index contributed by atoms with van der Waals surface area (Å²) < 4.78 is 20.8. The van der Waals surface area contributed by atoms with Crippen LogP contribution in [0, 0.1) is 5.82 Å². The van der Waals surface area contributed by atoms with Crippen LogP contribution >= 0.6 is 11.6 Å². The average Bonchev–Trinajstić information content (AvgIpc) is 2.75. The highest BCUT2D eigenvalue weighted by atomic mass is 35.5. The van der Waals surface area contributed by atoms with Crippen molar-refractivity contribution in [3.05, 3.63) is 29.8 Å². The van der Waals surface area contributed by atoms with Crippen molar-refractivity contribution in [1.82, 2.24) is 14.5 Å². The predicted molar refractivity (Wildman–Crippen MR) is 78.6 cm³/mol. The number of hydrogen-bond acceptors (Lipinski definition) is 3. The molecule has 4 nitrogen and oxygen atoms in total. The van der Waals surface area contributed by atoms with Crippen LogP contribution in [-0.4, -0.2) is 48.3 Å². The first-order valence-electron chi connectivity index (χ1n) is 6.55. The zero-order valence-electron chi connectivity index (χ0n) is 11.8. The molecular weight excluding hydrogens is 281 g/mol. The quantitative estimate of drug-likeness (QED) is 0.581. The Hall–Kier alpha value is -1.17. The molecule has 0 atom stereocenters. The van der Waals surface area contributed by atoms with E-state index in [0.717, 1.165) is 23.4 Å². The van der Waals surface area contributed by atoms with E-state index in [4.69, 9.17) is 16.3 Å². The molecule has 0 unspecified atom stereocenters. The van der Waals surface area contributed by atoms with Gasteiger partial charge in [0, 0.05) is 13.1 Å². The van der Waals surface area contributed by atoms with Crippen LogP contribution in [0.5, 0.6) is 0 Å². The number of benzene rings is 1. The Morgan fingerprint density at radius 2 is 2.15 bits per heavy atom. The van der Waals surface area contributed by atoms with E-state index in [2.05, 4.69) is 9.88 Å². The Balaban J connectivity index is 2.06. The predicted octanol–water partition coefficient (Wildman–Crippen LogP) is 2.49. The molecule has 0 N–H and O–H groups in total. The summed E-state index contributed by atoms with van der Waals surface area (Å²) in [5, 5.41) is 0. The van der Waals surface area contributed by atoms with Gasteiger partial charge in [-0.05, 0) is 32.3 Å². The fourth-order valence-electron chi connectivity index (χ4n) is 2.00. The highest BCUT2D eigenvalue weighted by molar-refractivity contribution is 6.16. The third kappa shape index (κ3) is 3.69. The first-order chi connectivity index (χ1) is 9.61. The van der Waals surface area contributed by atoms with E-state index in [1.54, 1.807) is 6.07 Å². The number of hydrogen-bond donors (Lipinski definition) is 0. The zero-order valence-corrected chi connectivity index (χ0v) is 12.5. The van der Waals surface area contributed by atoms with Crippen molar-refractivity contribution in [3.8, 4) is 0 Å². The van der Waals surface area contributed by atoms with Gasteiger partial charge >= 0.3 is 0 Å². The van der Waals surface area contributed by atoms with E-state index in [0.29, 0.717) is 25.6 Å². The van der Waals surface area contributed by atoms with E-state index in [1.807, 2.05) is 18.7 Å². The first-order valence-corrected chi connectivity index (χ1v) is 7.08. The molecule has 0 radical (unpaired) electrons. The van der Waals surface area contributed by atoms with Crippen LogP contribution in [0.3, 0.4) is 0 Å². The molecule has 0 spiro atoms. The average molecular weight is 300 g/mol. The van der Waals surface area contributed by atoms with Crippen molar-refractivity contribution < 1.29 is 9.13 Å². The number of aromatic nitrogens is 2. The number of likely N-dealkylation sites (N-methyl/N-ethyl adjacent to an activating group) is 1. The molecule has 20 heavy (non-hydrogen) atoms. The third-order valence-corrected chi connectivity index (χ3v) is 3.29. The van der Waals surface area contributed by atoms with Gasteiger partial charge < -0.3 is 14.2 Å². The van der Waals surface area contributed by atoms with Crippen LogP contribution in [0.2, 0.25) is 0 Å². The molecule has 1 aromatic carbocycles. The van der Waals surface area contributed by atoms with Crippen molar-refractivity contribution in [2.75, 3.05) is 33.9 Å². The van der Waals surface area contributed by atoms with Crippen LogP contribution < -0.4 is 0 Å². The summed E-state index contributed by atoms with van der Waals surface area (Å²) >= 11 is 5.90. The second-order valence-corrected chi connectivity index (χ2v) is 5.13. The van der Waals surface area contributed by atoms with Crippen molar-refractivity contribution in [1.29, 1.82) is 0 Å². The fourth-order valence-corrected chi connectivity index (χ4v) is 2.21. The highest BCUT2D eigenvalue weighted by Gasteiger charge is 2.10. The SMILES string of the molecule is CN(C)CCOCCn1c(CCl)nc2ccc(F)cc21. The lowest BCUT2D eigenvalue weighted by molar-refractivity contribution is 0.111. The Labute approximate surface area is 123 Å². The molecule has 0 aliphatic rings. The lowest BCUT2D eigenvalue weighted by atomic mass is 10.3. The minimum absolute atomic E-state index is 0.270. The second kappa shape index (κ2) is 7.02. The monoisotopic (exact) mass is 299 g/mol. The molecule has 2 rings (SSSR count). The lowest BCUT2D eigenvalue weighted by Crippen LogP contribution is -2.19. The number of nitrogens with zero attached hydrogens (tertiary/aromatic N) is 3. The standard InChI is InChI=1S/C14H19ClFN3O/c1-18(2)5-7-20-8-6-19-13-9-11(16)3-4-12(13)17-14(19)10-15/h3-4,9H,5-8,10H2,1-2H3. The molecule has 6 heteroatoms. The maximum atomic E-state index is 13.4. The topological polar surface area (TPSA) is 30.3 Å². The first kappa shape index (κ1) is 15.2. The summed E-state index contributed by atoms with van der Waals surface area (Å²) in [6.45, 7) is 2.72. The molecule has 0 amide bonds. The number of rotatable bonds is 7. The zero-order chi connectivity index (χ0) is 14.5. The van der Waals surface area contributed by atoms with E-state index < -0.39 is 0 Å². The highest BCUT2D eigenvalue weighted by Crippen LogP contribution is 2.18. The van der Waals surface area contributed by atoms with E-state index in [9.17, 15) is 4.39 Å². The molecule has 0 aliphatic heterocycles. The largest absolute Gasteiger partial charge is 0.378 e. The fraction of sp³-hybridized carbons (Fsp3) is 0.500. The van der Waals surface area contributed by atoms with Gasteiger partial charge in [-0.25, -0.2) is 9.37 Å². The van der Waals surface area contributed by atoms with Gasteiger partial charge in [0.05, 0.1) is 30.1 Å². The van der Waals surface area contributed by atoms with Crippen molar-refractivity contribution in [2.45, 2.75) is 12.4 Å². The van der Waals surface area contributed by atoms with Gasteiger partial charge in [-0.3, -0.25) is 0 Å². The lowest BCUT2D eigenvalue weighted by Gasteiger charge is -2.11. The molecule has 1 aromatic heterocycles. The van der Waals surface area contributed by atoms with Crippen LogP contribution in [0.25, 0.3) is 11.0 Å². The van der Waals surface area contributed by atoms with E-state index in [1.165, 1.54) is 12.1 Å². The summed E-state index contributed by atoms with van der Waals surface area (Å²) in [6, 6.07) is 4.56. The number of ether oxygens (including phenoxy) is 1. The second-order valence-electron chi connectivity index (χ2n) is 4.86. The summed E-state index contributed by atoms with van der Waals surface area (Å²) in [6.07, 6.45) is 0. The van der Waals surface area contributed by atoms with Crippen molar-refractivity contribution >= 4 is 22.6 Å². The molecular formula is C14H19ClFN3O. The van der Waals surface area contributed by atoms with Crippen molar-refractivity contribution in [2.24, 2.45) is 0 Å². The Morgan fingerprint density at radius 3 is 2.85 bits per heavy atom. The van der Waals surface area contributed by atoms with E-state index >= 15 is 0 Å². The molecule has 110 valence electrons. The van der Waals surface area contributed by atoms with E-state index in [-0.39, 0.29) is 5.82 Å². The normalized spacial score (nSPS) is 11.7. The summed E-state index contributed by atoms with van der Waals surface area (Å²) in [5.74, 6) is 0.769. The maximum absolute atomic E-state index is 13.4. The molecule has 0 bridgehead atoms. The number of alkyl halides is 1. The van der Waals surface area contributed by atoms with Gasteiger partial charge in [-0.1, -0.05) is 0 Å². The van der Waals surface area contributed by atoms with Gasteiger partial charge in [0.1, 0.15) is 11.6 Å². The smallest absolute Gasteiger partial charge is 0.125 e. The van der Waals surface area contributed by atoms with Gasteiger partial charge in [-0.15, -0.1) is 11.6 Å². The van der Waals surface area contributed by atoms with Crippen LogP contribution in [0.1, 0.15) is 5.82 Å². The molecule has 0 saturated heterocycles. The van der Waals surface area contributed by atoms with Gasteiger partial charge in [-0.2, -0.15) is 0 Å². The molecule has 0 aliphatic carbocycles.